The Labute approximate surface area is 159 Å². The average Bonchev–Trinajstić information content (AvgIpc) is 2.64. The van der Waals surface area contributed by atoms with Gasteiger partial charge in [0.25, 0.3) is 5.91 Å². The lowest BCUT2D eigenvalue weighted by Gasteiger charge is -2.09. The molecule has 0 fully saturated rings. The third-order valence-corrected chi connectivity index (χ3v) is 4.23. The summed E-state index contributed by atoms with van der Waals surface area (Å²) in [7, 11) is 0. The molecule has 0 unspecified atom stereocenters. The third-order valence-electron chi connectivity index (χ3n) is 3.49. The minimum atomic E-state index is -0.431. The minimum absolute atomic E-state index is 0.155. The van der Waals surface area contributed by atoms with Crippen LogP contribution < -0.4 is 10.6 Å². The van der Waals surface area contributed by atoms with E-state index in [1.807, 2.05) is 0 Å². The van der Waals surface area contributed by atoms with Crippen molar-refractivity contribution in [3.05, 3.63) is 82.0 Å². The average molecular weight is 391 g/mol. The maximum atomic E-state index is 13.6. The number of hydrogen-bond acceptors (Lipinski definition) is 4. The zero-order chi connectivity index (χ0) is 18.5. The van der Waals surface area contributed by atoms with E-state index in [4.69, 9.17) is 23.2 Å². The van der Waals surface area contributed by atoms with E-state index in [2.05, 4.69) is 20.6 Å². The maximum absolute atomic E-state index is 13.6. The van der Waals surface area contributed by atoms with Crippen molar-refractivity contribution in [3.8, 4) is 0 Å². The highest BCUT2D eigenvalue weighted by atomic mass is 35.5. The summed E-state index contributed by atoms with van der Waals surface area (Å²) in [6.45, 7) is 0.234. The number of nitrogens with zero attached hydrogens (tertiary/aromatic N) is 2. The van der Waals surface area contributed by atoms with Gasteiger partial charge in [-0.15, -0.1) is 0 Å². The number of hydrogen-bond donors (Lipinski definition) is 2. The lowest BCUT2D eigenvalue weighted by molar-refractivity contribution is 0.102. The molecule has 0 saturated heterocycles. The minimum Gasteiger partial charge on any atom is -0.366 e. The van der Waals surface area contributed by atoms with Crippen LogP contribution in [0.1, 0.15) is 16.1 Å². The molecule has 0 aliphatic carbocycles. The predicted molar refractivity (Wildman–Crippen MR) is 100 cm³/mol. The molecule has 0 bridgehead atoms. The van der Waals surface area contributed by atoms with Gasteiger partial charge in [-0.2, -0.15) is 0 Å². The molecule has 3 aromatic rings. The first-order valence-electron chi connectivity index (χ1n) is 7.58. The van der Waals surface area contributed by atoms with Gasteiger partial charge in [-0.3, -0.25) is 4.79 Å². The Morgan fingerprint density at radius 1 is 1.04 bits per heavy atom. The van der Waals surface area contributed by atoms with Crippen LogP contribution in [0.3, 0.4) is 0 Å². The van der Waals surface area contributed by atoms with Crippen LogP contribution in [-0.4, -0.2) is 15.9 Å². The van der Waals surface area contributed by atoms with Crippen molar-refractivity contribution in [2.75, 3.05) is 10.6 Å². The second-order valence-corrected chi connectivity index (χ2v) is 6.13. The number of anilines is 2. The highest BCUT2D eigenvalue weighted by Crippen LogP contribution is 2.25. The number of carbonyl (C=O) groups is 1. The summed E-state index contributed by atoms with van der Waals surface area (Å²) in [6.07, 6.45) is 1.26. The van der Waals surface area contributed by atoms with Crippen LogP contribution >= 0.6 is 23.2 Å². The van der Waals surface area contributed by atoms with E-state index in [0.717, 1.165) is 0 Å². The summed E-state index contributed by atoms with van der Waals surface area (Å²) in [4.78, 5) is 20.3. The Morgan fingerprint density at radius 3 is 2.62 bits per heavy atom. The van der Waals surface area contributed by atoms with Gasteiger partial charge in [-0.05, 0) is 24.3 Å². The van der Waals surface area contributed by atoms with E-state index in [9.17, 15) is 9.18 Å². The van der Waals surface area contributed by atoms with Crippen molar-refractivity contribution >= 4 is 40.6 Å². The molecule has 2 N–H and O–H groups in total. The van der Waals surface area contributed by atoms with Gasteiger partial charge < -0.3 is 10.6 Å². The highest BCUT2D eigenvalue weighted by molar-refractivity contribution is 6.42. The molecule has 3 rings (SSSR count). The Balaban J connectivity index is 1.69. The van der Waals surface area contributed by atoms with E-state index >= 15 is 0 Å². The molecule has 0 spiro atoms. The number of nitrogens with one attached hydrogen (secondary N) is 2. The first-order valence-corrected chi connectivity index (χ1v) is 8.34. The van der Waals surface area contributed by atoms with Crippen LogP contribution in [0.5, 0.6) is 0 Å². The van der Waals surface area contributed by atoms with Gasteiger partial charge in [-0.1, -0.05) is 41.4 Å². The molecule has 1 amide bonds. The molecule has 0 aliphatic heterocycles. The largest absolute Gasteiger partial charge is 0.366 e. The summed E-state index contributed by atoms with van der Waals surface area (Å²) in [5, 5.41) is 6.37. The van der Waals surface area contributed by atoms with E-state index in [-0.39, 0.29) is 18.1 Å². The SMILES string of the molecule is O=C(Nc1ccc(Cl)c(Cl)c1)c1cc(NCc2ccccc2F)ncn1. The van der Waals surface area contributed by atoms with Crippen molar-refractivity contribution in [1.82, 2.24) is 9.97 Å². The Bertz CT molecular complexity index is 952. The molecular formula is C18H13Cl2FN4O. The number of carbonyl (C=O) groups excluding carboxylic acids is 1. The van der Waals surface area contributed by atoms with E-state index in [0.29, 0.717) is 27.1 Å². The monoisotopic (exact) mass is 390 g/mol. The van der Waals surface area contributed by atoms with Crippen LogP contribution in [0.2, 0.25) is 10.0 Å². The quantitative estimate of drug-likeness (QED) is 0.657. The number of aromatic nitrogens is 2. The predicted octanol–water partition coefficient (Wildman–Crippen LogP) is 4.79. The standard InChI is InChI=1S/C18H13Cl2FN4O/c19-13-6-5-12(7-14(13)20)25-18(26)16-8-17(24-10-23-16)22-9-11-3-1-2-4-15(11)21/h1-8,10H,9H2,(H,25,26)(H,22,23,24). The fourth-order valence-electron chi connectivity index (χ4n) is 2.17. The van der Waals surface area contributed by atoms with Crippen molar-refractivity contribution in [1.29, 1.82) is 0 Å². The van der Waals surface area contributed by atoms with Crippen LogP contribution in [-0.2, 0) is 6.54 Å². The van der Waals surface area contributed by atoms with Crippen molar-refractivity contribution < 1.29 is 9.18 Å². The molecule has 8 heteroatoms. The Morgan fingerprint density at radius 2 is 1.85 bits per heavy atom. The van der Waals surface area contributed by atoms with Gasteiger partial charge >= 0.3 is 0 Å². The van der Waals surface area contributed by atoms with Crippen LogP contribution in [0, 0.1) is 5.82 Å². The zero-order valence-corrected chi connectivity index (χ0v) is 14.9. The van der Waals surface area contributed by atoms with E-state index < -0.39 is 5.91 Å². The lowest BCUT2D eigenvalue weighted by Crippen LogP contribution is -2.14. The normalized spacial score (nSPS) is 10.4. The van der Waals surface area contributed by atoms with Gasteiger partial charge in [-0.25, -0.2) is 14.4 Å². The number of rotatable bonds is 5. The molecule has 0 atom stereocenters. The molecule has 1 aromatic heterocycles. The van der Waals surface area contributed by atoms with E-state index in [1.165, 1.54) is 18.5 Å². The second-order valence-electron chi connectivity index (χ2n) is 5.32. The third kappa shape index (κ3) is 4.47. The summed E-state index contributed by atoms with van der Waals surface area (Å²) >= 11 is 11.8. The Kier molecular flexibility index (Phi) is 5.65. The first kappa shape index (κ1) is 18.1. The molecule has 2 aromatic carbocycles. The summed E-state index contributed by atoms with van der Waals surface area (Å²) in [6, 6.07) is 12.7. The molecule has 0 saturated carbocycles. The Hall–Kier alpha value is -2.70. The lowest BCUT2D eigenvalue weighted by atomic mass is 10.2. The van der Waals surface area contributed by atoms with Gasteiger partial charge in [0.15, 0.2) is 0 Å². The van der Waals surface area contributed by atoms with Crippen LogP contribution in [0.15, 0.2) is 54.9 Å². The van der Waals surface area contributed by atoms with Crippen LogP contribution in [0.25, 0.3) is 0 Å². The van der Waals surface area contributed by atoms with Gasteiger partial charge in [0.05, 0.1) is 10.0 Å². The smallest absolute Gasteiger partial charge is 0.274 e. The molecule has 0 aliphatic rings. The van der Waals surface area contributed by atoms with Gasteiger partial charge in [0, 0.05) is 23.9 Å². The molecular weight excluding hydrogens is 378 g/mol. The molecule has 26 heavy (non-hydrogen) atoms. The fourth-order valence-corrected chi connectivity index (χ4v) is 2.47. The molecule has 132 valence electrons. The topological polar surface area (TPSA) is 66.9 Å². The summed E-state index contributed by atoms with van der Waals surface area (Å²) < 4.78 is 13.6. The van der Waals surface area contributed by atoms with Crippen molar-refractivity contribution in [3.63, 3.8) is 0 Å². The molecule has 1 heterocycles. The second kappa shape index (κ2) is 8.12. The first-order chi connectivity index (χ1) is 12.5. The summed E-state index contributed by atoms with van der Waals surface area (Å²) in [5.74, 6) is -0.339. The number of halogens is 3. The highest BCUT2D eigenvalue weighted by Gasteiger charge is 2.10. The van der Waals surface area contributed by atoms with Gasteiger partial charge in [0.2, 0.25) is 0 Å². The maximum Gasteiger partial charge on any atom is 0.274 e. The molecule has 5 nitrogen and oxygen atoms in total. The fraction of sp³-hybridized carbons (Fsp3) is 0.0556. The van der Waals surface area contributed by atoms with Crippen LogP contribution in [0.4, 0.5) is 15.9 Å². The molecule has 0 radical (unpaired) electrons. The zero-order valence-electron chi connectivity index (χ0n) is 13.3. The summed E-state index contributed by atoms with van der Waals surface area (Å²) in [5.41, 5.74) is 1.14. The van der Waals surface area contributed by atoms with Crippen molar-refractivity contribution in [2.24, 2.45) is 0 Å². The van der Waals surface area contributed by atoms with E-state index in [1.54, 1.807) is 36.4 Å². The van der Waals surface area contributed by atoms with Crippen molar-refractivity contribution in [2.45, 2.75) is 6.54 Å². The van der Waals surface area contributed by atoms with Gasteiger partial charge in [0.1, 0.15) is 23.7 Å². The number of amides is 1. The number of benzene rings is 2.